The first-order valence-electron chi connectivity index (χ1n) is 13.5. The molecular formula is C29H33ClN4O3S. The monoisotopic (exact) mass is 552 g/mol. The summed E-state index contributed by atoms with van der Waals surface area (Å²) in [5.74, 6) is 1.94. The van der Waals surface area contributed by atoms with Crippen LogP contribution in [0.5, 0.6) is 0 Å². The number of hydrogen-bond acceptors (Lipinski definition) is 7. The summed E-state index contributed by atoms with van der Waals surface area (Å²) in [6.45, 7) is 6.93. The predicted octanol–water partition coefficient (Wildman–Crippen LogP) is 5.14. The fourth-order valence-electron chi connectivity index (χ4n) is 6.01. The van der Waals surface area contributed by atoms with Gasteiger partial charge in [-0.05, 0) is 72.0 Å². The summed E-state index contributed by atoms with van der Waals surface area (Å²) in [7, 11) is 0. The first-order chi connectivity index (χ1) is 18.4. The van der Waals surface area contributed by atoms with Crippen LogP contribution in [-0.2, 0) is 27.2 Å². The number of hydrogen-bond donors (Lipinski definition) is 0. The largest absolute Gasteiger partial charge is 0.444 e. The van der Waals surface area contributed by atoms with Gasteiger partial charge in [-0.15, -0.1) is 0 Å². The van der Waals surface area contributed by atoms with Gasteiger partial charge in [0.2, 0.25) is 5.91 Å². The number of fused-ring (bicyclic) bond motifs is 2. The quantitative estimate of drug-likeness (QED) is 0.361. The van der Waals surface area contributed by atoms with Gasteiger partial charge in [0.15, 0.2) is 6.73 Å². The number of rotatable bonds is 8. The van der Waals surface area contributed by atoms with Gasteiger partial charge >= 0.3 is 5.97 Å². The average molecular weight is 553 g/mol. The first-order valence-corrected chi connectivity index (χ1v) is 14.7. The van der Waals surface area contributed by atoms with Crippen molar-refractivity contribution < 1.29 is 14.3 Å². The van der Waals surface area contributed by atoms with Crippen LogP contribution in [0.3, 0.4) is 0 Å². The maximum Gasteiger partial charge on any atom is 0.307 e. The number of carbonyl (C=O) groups excluding carboxylic acids is 2. The molecule has 0 atom stereocenters. The van der Waals surface area contributed by atoms with Crippen LogP contribution in [0.1, 0.15) is 37.3 Å². The maximum atomic E-state index is 12.7. The number of benzene rings is 2. The van der Waals surface area contributed by atoms with E-state index < -0.39 is 0 Å². The maximum absolute atomic E-state index is 12.7. The van der Waals surface area contributed by atoms with E-state index >= 15 is 0 Å². The van der Waals surface area contributed by atoms with Crippen molar-refractivity contribution in [1.29, 1.82) is 0 Å². The van der Waals surface area contributed by atoms with Crippen molar-refractivity contribution in [2.24, 2.45) is 11.8 Å². The Morgan fingerprint density at radius 1 is 1.16 bits per heavy atom. The molecule has 6 rings (SSSR count). The summed E-state index contributed by atoms with van der Waals surface area (Å²) < 4.78 is 11.4. The number of anilines is 2. The number of esters is 1. The van der Waals surface area contributed by atoms with E-state index in [9.17, 15) is 9.59 Å². The van der Waals surface area contributed by atoms with Gasteiger partial charge in [0.05, 0.1) is 16.8 Å². The zero-order valence-corrected chi connectivity index (χ0v) is 23.3. The van der Waals surface area contributed by atoms with Crippen molar-refractivity contribution in [1.82, 2.24) is 9.27 Å². The minimum absolute atomic E-state index is 0.0405. The molecule has 3 aliphatic rings. The van der Waals surface area contributed by atoms with Gasteiger partial charge in [-0.25, -0.2) is 0 Å². The summed E-state index contributed by atoms with van der Waals surface area (Å²) in [4.78, 5) is 31.3. The lowest BCUT2D eigenvalue weighted by Gasteiger charge is -2.35. The van der Waals surface area contributed by atoms with Crippen LogP contribution >= 0.6 is 23.1 Å². The molecule has 9 heteroatoms. The Morgan fingerprint density at radius 3 is 2.74 bits per heavy atom. The Balaban J connectivity index is 1.02. The molecule has 0 N–H and O–H groups in total. The number of halogens is 1. The SMILES string of the molecule is CC1CC(CC(=O)OCN2C(=O)Cc3cc(CCN4CCN(c5nsc6ccccc56)CC4)c(Cl)cc32)C1. The van der Waals surface area contributed by atoms with E-state index in [4.69, 9.17) is 20.7 Å². The molecule has 0 radical (unpaired) electrons. The minimum atomic E-state index is -0.228. The molecule has 3 aromatic rings. The van der Waals surface area contributed by atoms with Crippen molar-refractivity contribution in [3.63, 3.8) is 0 Å². The van der Waals surface area contributed by atoms with E-state index in [2.05, 4.69) is 47.1 Å². The highest BCUT2D eigenvalue weighted by atomic mass is 35.5. The van der Waals surface area contributed by atoms with Crippen molar-refractivity contribution in [2.75, 3.05) is 49.3 Å². The van der Waals surface area contributed by atoms with Crippen LogP contribution in [-0.4, -0.2) is 60.6 Å². The molecule has 0 bridgehead atoms. The zero-order chi connectivity index (χ0) is 26.2. The Bertz CT molecular complexity index is 1350. The molecule has 2 aromatic carbocycles. The highest BCUT2D eigenvalue weighted by Crippen LogP contribution is 2.37. The third kappa shape index (κ3) is 5.26. The van der Waals surface area contributed by atoms with Crippen molar-refractivity contribution in [3.05, 3.63) is 52.5 Å². The van der Waals surface area contributed by atoms with Crippen molar-refractivity contribution in [2.45, 2.75) is 39.0 Å². The number of carbonyl (C=O) groups is 2. The van der Waals surface area contributed by atoms with Crippen LogP contribution in [0.15, 0.2) is 36.4 Å². The molecule has 3 heterocycles. The lowest BCUT2D eigenvalue weighted by Crippen LogP contribution is -2.47. The zero-order valence-electron chi connectivity index (χ0n) is 21.7. The van der Waals surface area contributed by atoms with E-state index in [1.54, 1.807) is 16.4 Å². The molecule has 1 amide bonds. The molecule has 0 unspecified atom stereocenters. The Kier molecular flexibility index (Phi) is 7.29. The minimum Gasteiger partial charge on any atom is -0.444 e. The highest BCUT2D eigenvalue weighted by Gasteiger charge is 2.31. The number of nitrogens with zero attached hydrogens (tertiary/aromatic N) is 4. The molecular weight excluding hydrogens is 520 g/mol. The van der Waals surface area contributed by atoms with Crippen LogP contribution in [0.2, 0.25) is 5.02 Å². The molecule has 38 heavy (non-hydrogen) atoms. The van der Waals surface area contributed by atoms with E-state index in [1.807, 2.05) is 6.07 Å². The summed E-state index contributed by atoms with van der Waals surface area (Å²) in [5, 5.41) is 1.90. The van der Waals surface area contributed by atoms with Gasteiger partial charge in [-0.1, -0.05) is 36.7 Å². The fraction of sp³-hybridized carbons (Fsp3) is 0.483. The van der Waals surface area contributed by atoms with Gasteiger partial charge in [0.25, 0.3) is 0 Å². The second-order valence-corrected chi connectivity index (χ2v) is 12.2. The van der Waals surface area contributed by atoms with Gasteiger partial charge in [0, 0.05) is 49.6 Å². The highest BCUT2D eigenvalue weighted by molar-refractivity contribution is 7.13. The summed E-state index contributed by atoms with van der Waals surface area (Å²) in [5.41, 5.74) is 2.78. The molecule has 2 fully saturated rings. The molecule has 200 valence electrons. The molecule has 2 aliphatic heterocycles. The second-order valence-electron chi connectivity index (χ2n) is 10.9. The lowest BCUT2D eigenvalue weighted by atomic mass is 9.74. The summed E-state index contributed by atoms with van der Waals surface area (Å²) in [6, 6.07) is 12.3. The van der Waals surface area contributed by atoms with Crippen LogP contribution < -0.4 is 9.80 Å². The van der Waals surface area contributed by atoms with Gasteiger partial charge in [0.1, 0.15) is 5.82 Å². The van der Waals surface area contributed by atoms with E-state index in [-0.39, 0.29) is 18.6 Å². The number of amides is 1. The molecule has 1 saturated carbocycles. The molecule has 1 aromatic heterocycles. The summed E-state index contributed by atoms with van der Waals surface area (Å²) in [6.07, 6.45) is 3.75. The number of ether oxygens (including phenoxy) is 1. The predicted molar refractivity (Wildman–Crippen MR) is 152 cm³/mol. The van der Waals surface area contributed by atoms with Crippen molar-refractivity contribution in [3.8, 4) is 0 Å². The molecule has 7 nitrogen and oxygen atoms in total. The third-order valence-corrected chi connectivity index (χ3v) is 9.36. The Morgan fingerprint density at radius 2 is 1.95 bits per heavy atom. The van der Waals surface area contributed by atoms with Gasteiger partial charge in [-0.3, -0.25) is 19.4 Å². The molecule has 0 spiro atoms. The molecule has 1 aliphatic carbocycles. The van der Waals surface area contributed by atoms with E-state index in [0.29, 0.717) is 29.7 Å². The Hall–Kier alpha value is -2.68. The Labute approximate surface area is 232 Å². The first kappa shape index (κ1) is 25.6. The van der Waals surface area contributed by atoms with Crippen molar-refractivity contribution >= 4 is 56.6 Å². The fourth-order valence-corrected chi connectivity index (χ4v) is 7.05. The third-order valence-electron chi connectivity index (χ3n) is 8.19. The van der Waals surface area contributed by atoms with E-state index in [0.717, 1.165) is 74.6 Å². The number of aromatic nitrogens is 1. The van der Waals surface area contributed by atoms with Gasteiger partial charge < -0.3 is 9.64 Å². The standard InChI is InChI=1S/C29H33ClN4O3S/c1-19-12-20(13-19)14-28(36)37-18-34-25-17-24(30)21(15-22(25)16-27(34)35)6-7-32-8-10-33(11-9-32)29-23-4-2-3-5-26(23)38-31-29/h2-5,15,17,19-20H,6-14,16,18H2,1H3. The average Bonchev–Trinajstić information content (AvgIpc) is 3.45. The van der Waals surface area contributed by atoms with Gasteiger partial charge in [-0.2, -0.15) is 4.37 Å². The topological polar surface area (TPSA) is 66.0 Å². The second kappa shape index (κ2) is 10.8. The lowest BCUT2D eigenvalue weighted by molar-refractivity contribution is -0.146. The smallest absolute Gasteiger partial charge is 0.307 e. The van der Waals surface area contributed by atoms with Crippen LogP contribution in [0, 0.1) is 11.8 Å². The summed E-state index contributed by atoms with van der Waals surface area (Å²) >= 11 is 8.24. The van der Waals surface area contributed by atoms with Crippen LogP contribution in [0.4, 0.5) is 11.5 Å². The van der Waals surface area contributed by atoms with Crippen LogP contribution in [0.25, 0.3) is 10.1 Å². The number of piperazine rings is 1. The van der Waals surface area contributed by atoms with E-state index in [1.165, 1.54) is 10.1 Å². The molecule has 1 saturated heterocycles. The normalized spacial score (nSPS) is 21.6.